The van der Waals surface area contributed by atoms with Crippen molar-refractivity contribution < 1.29 is 22.8 Å². The molecular weight excluding hydrogens is 371 g/mol. The minimum Gasteiger partial charge on any atom is -0.351 e. The third-order valence-electron chi connectivity index (χ3n) is 4.58. The van der Waals surface area contributed by atoms with E-state index in [-0.39, 0.29) is 25.5 Å². The Morgan fingerprint density at radius 1 is 0.929 bits per heavy atom. The molecule has 0 aromatic heterocycles. The second-order valence-corrected chi connectivity index (χ2v) is 6.58. The van der Waals surface area contributed by atoms with E-state index in [2.05, 4.69) is 5.32 Å². The van der Waals surface area contributed by atoms with Crippen molar-refractivity contribution in [1.82, 2.24) is 15.1 Å². The number of hydrogen-bond acceptors (Lipinski definition) is 3. The molecule has 148 valence electrons. The molecule has 0 bridgehead atoms. The molecule has 0 radical (unpaired) electrons. The van der Waals surface area contributed by atoms with Crippen LogP contribution in [0.1, 0.15) is 15.9 Å². The summed E-state index contributed by atoms with van der Waals surface area (Å²) >= 11 is 0. The van der Waals surface area contributed by atoms with Gasteiger partial charge in [-0.25, -0.2) is 13.2 Å². The lowest BCUT2D eigenvalue weighted by molar-refractivity contribution is -0.122. The van der Waals surface area contributed by atoms with Gasteiger partial charge in [-0.05, 0) is 5.56 Å². The highest BCUT2D eigenvalue weighted by molar-refractivity contribution is 5.94. The topological polar surface area (TPSA) is 52.7 Å². The van der Waals surface area contributed by atoms with Crippen LogP contribution in [0.25, 0.3) is 0 Å². The van der Waals surface area contributed by atoms with E-state index in [4.69, 9.17) is 0 Å². The van der Waals surface area contributed by atoms with Crippen molar-refractivity contribution in [3.05, 3.63) is 71.0 Å². The third-order valence-corrected chi connectivity index (χ3v) is 4.58. The molecular formula is C20H20F3N3O2. The van der Waals surface area contributed by atoms with Crippen LogP contribution in [0.4, 0.5) is 13.2 Å². The Bertz CT molecular complexity index is 830. The Hall–Kier alpha value is -2.87. The number of nitrogens with zero attached hydrogens (tertiary/aromatic N) is 2. The monoisotopic (exact) mass is 391 g/mol. The highest BCUT2D eigenvalue weighted by Crippen LogP contribution is 2.18. The van der Waals surface area contributed by atoms with Gasteiger partial charge in [-0.2, -0.15) is 0 Å². The first-order chi connectivity index (χ1) is 13.4. The Balaban J connectivity index is 1.49. The van der Waals surface area contributed by atoms with Gasteiger partial charge in [0, 0.05) is 44.9 Å². The molecule has 1 N–H and O–H groups in total. The van der Waals surface area contributed by atoms with Gasteiger partial charge in [-0.1, -0.05) is 30.3 Å². The van der Waals surface area contributed by atoms with E-state index < -0.39 is 28.9 Å². The summed E-state index contributed by atoms with van der Waals surface area (Å²) in [6, 6.07) is 10.5. The number of hydrogen-bond donors (Lipinski definition) is 1. The van der Waals surface area contributed by atoms with Crippen molar-refractivity contribution in [3.63, 3.8) is 0 Å². The van der Waals surface area contributed by atoms with E-state index >= 15 is 0 Å². The van der Waals surface area contributed by atoms with Crippen molar-refractivity contribution in [2.24, 2.45) is 0 Å². The molecule has 5 nitrogen and oxygen atoms in total. The van der Waals surface area contributed by atoms with Gasteiger partial charge >= 0.3 is 0 Å². The van der Waals surface area contributed by atoms with Gasteiger partial charge < -0.3 is 10.2 Å². The zero-order chi connectivity index (χ0) is 20.1. The molecule has 1 saturated heterocycles. The van der Waals surface area contributed by atoms with Crippen LogP contribution < -0.4 is 5.32 Å². The number of piperazine rings is 1. The minimum absolute atomic E-state index is 0.140. The number of carbonyl (C=O) groups excluding carboxylic acids is 2. The van der Waals surface area contributed by atoms with Gasteiger partial charge in [0.1, 0.15) is 23.0 Å². The van der Waals surface area contributed by atoms with Gasteiger partial charge in [0.25, 0.3) is 5.91 Å². The molecule has 1 aliphatic rings. The SMILES string of the molecule is O=C(CN1CCN(C(=O)c2c(F)cc(F)cc2F)CC1)NCc1ccccc1. The Morgan fingerprint density at radius 2 is 1.54 bits per heavy atom. The number of rotatable bonds is 5. The predicted octanol–water partition coefficient (Wildman–Crippen LogP) is 2.18. The van der Waals surface area contributed by atoms with E-state index in [1.807, 2.05) is 35.2 Å². The molecule has 2 aromatic rings. The molecule has 3 rings (SSSR count). The van der Waals surface area contributed by atoms with Crippen molar-refractivity contribution in [1.29, 1.82) is 0 Å². The maximum Gasteiger partial charge on any atom is 0.259 e. The first-order valence-corrected chi connectivity index (χ1v) is 8.91. The Kier molecular flexibility index (Phi) is 6.30. The summed E-state index contributed by atoms with van der Waals surface area (Å²) in [6.45, 7) is 1.85. The first-order valence-electron chi connectivity index (χ1n) is 8.91. The normalized spacial score (nSPS) is 14.8. The maximum absolute atomic E-state index is 13.8. The average Bonchev–Trinajstić information content (AvgIpc) is 2.67. The van der Waals surface area contributed by atoms with Crippen molar-refractivity contribution in [3.8, 4) is 0 Å². The molecule has 8 heteroatoms. The van der Waals surface area contributed by atoms with Crippen molar-refractivity contribution >= 4 is 11.8 Å². The smallest absolute Gasteiger partial charge is 0.259 e. The predicted molar refractivity (Wildman–Crippen MR) is 96.9 cm³/mol. The number of carbonyl (C=O) groups is 2. The minimum atomic E-state index is -1.22. The van der Waals surface area contributed by atoms with Crippen LogP contribution in [-0.2, 0) is 11.3 Å². The fourth-order valence-corrected chi connectivity index (χ4v) is 3.07. The van der Waals surface area contributed by atoms with Gasteiger partial charge in [-0.3, -0.25) is 14.5 Å². The summed E-state index contributed by atoms with van der Waals surface area (Å²) < 4.78 is 40.6. The standard InChI is InChI=1S/C20H20F3N3O2/c21-15-10-16(22)19(17(23)11-15)20(28)26-8-6-25(7-9-26)13-18(27)24-12-14-4-2-1-3-5-14/h1-5,10-11H,6-9,12-13H2,(H,24,27). The van der Waals surface area contributed by atoms with Crippen molar-refractivity contribution in [2.75, 3.05) is 32.7 Å². The van der Waals surface area contributed by atoms with E-state index in [1.165, 1.54) is 4.90 Å². The molecule has 28 heavy (non-hydrogen) atoms. The summed E-state index contributed by atoms with van der Waals surface area (Å²) in [6.07, 6.45) is 0. The van der Waals surface area contributed by atoms with Gasteiger partial charge in [-0.15, -0.1) is 0 Å². The number of halogens is 3. The Morgan fingerprint density at radius 3 is 2.14 bits per heavy atom. The van der Waals surface area contributed by atoms with Crippen LogP contribution in [0.2, 0.25) is 0 Å². The number of amides is 2. The third kappa shape index (κ3) is 4.89. The van der Waals surface area contributed by atoms with Crippen LogP contribution in [-0.4, -0.2) is 54.3 Å². The molecule has 2 aromatic carbocycles. The largest absolute Gasteiger partial charge is 0.351 e. The zero-order valence-electron chi connectivity index (χ0n) is 15.1. The highest BCUT2D eigenvalue weighted by atomic mass is 19.1. The van der Waals surface area contributed by atoms with Crippen molar-refractivity contribution in [2.45, 2.75) is 6.54 Å². The zero-order valence-corrected chi connectivity index (χ0v) is 15.1. The fraction of sp³-hybridized carbons (Fsp3) is 0.300. The van der Waals surface area contributed by atoms with Crippen LogP contribution in [0, 0.1) is 17.5 Å². The van der Waals surface area contributed by atoms with Gasteiger partial charge in [0.15, 0.2) is 0 Å². The molecule has 0 saturated carbocycles. The molecule has 1 aliphatic heterocycles. The lowest BCUT2D eigenvalue weighted by Crippen LogP contribution is -2.51. The van der Waals surface area contributed by atoms with Crippen LogP contribution in [0.3, 0.4) is 0 Å². The summed E-state index contributed by atoms with van der Waals surface area (Å²) in [5.74, 6) is -4.46. The van der Waals surface area contributed by atoms with Crippen LogP contribution >= 0.6 is 0 Å². The molecule has 1 heterocycles. The summed E-state index contributed by atoms with van der Waals surface area (Å²) in [5.41, 5.74) is 0.241. The molecule has 0 unspecified atom stereocenters. The molecule has 2 amide bonds. The van der Waals surface area contributed by atoms with E-state index in [0.717, 1.165) is 5.56 Å². The van der Waals surface area contributed by atoms with E-state index in [1.54, 1.807) is 0 Å². The second kappa shape index (κ2) is 8.88. The number of nitrogens with one attached hydrogen (secondary N) is 1. The summed E-state index contributed by atoms with van der Waals surface area (Å²) in [5, 5.41) is 2.83. The quantitative estimate of drug-likeness (QED) is 0.850. The molecule has 0 aliphatic carbocycles. The Labute approximate surface area is 160 Å². The maximum atomic E-state index is 13.8. The summed E-state index contributed by atoms with van der Waals surface area (Å²) in [4.78, 5) is 27.6. The lowest BCUT2D eigenvalue weighted by Gasteiger charge is -2.34. The summed E-state index contributed by atoms with van der Waals surface area (Å²) in [7, 11) is 0. The van der Waals surface area contributed by atoms with Crippen LogP contribution in [0.5, 0.6) is 0 Å². The fourth-order valence-electron chi connectivity index (χ4n) is 3.07. The highest BCUT2D eigenvalue weighted by Gasteiger charge is 2.27. The average molecular weight is 391 g/mol. The second-order valence-electron chi connectivity index (χ2n) is 6.58. The van der Waals surface area contributed by atoms with E-state index in [0.29, 0.717) is 31.8 Å². The van der Waals surface area contributed by atoms with E-state index in [9.17, 15) is 22.8 Å². The van der Waals surface area contributed by atoms with Gasteiger partial charge in [0.2, 0.25) is 5.91 Å². The van der Waals surface area contributed by atoms with Crippen LogP contribution in [0.15, 0.2) is 42.5 Å². The van der Waals surface area contributed by atoms with Gasteiger partial charge in [0.05, 0.1) is 6.54 Å². The number of benzene rings is 2. The molecule has 0 atom stereocenters. The lowest BCUT2D eigenvalue weighted by atomic mass is 10.1. The first kappa shape index (κ1) is 19.9. The molecule has 0 spiro atoms. The molecule has 1 fully saturated rings.